The van der Waals surface area contributed by atoms with E-state index in [1.807, 2.05) is 24.3 Å². The maximum absolute atomic E-state index is 12.1. The standard InChI is InChI=1S/C16H22N6O2S/c1-11-8-22(9-12(2)24-11)14-6-4-13(5-7-14)17-15(23)10-25-16-18-19-20-21(16)3/h4-7,11-12H,8-10H2,1-3H3,(H,17,23). The van der Waals surface area contributed by atoms with Crippen molar-refractivity contribution in [3.63, 3.8) is 0 Å². The third kappa shape index (κ3) is 4.70. The summed E-state index contributed by atoms with van der Waals surface area (Å²) in [5.41, 5.74) is 1.92. The van der Waals surface area contributed by atoms with E-state index in [1.54, 1.807) is 7.05 Å². The first kappa shape index (κ1) is 17.7. The Balaban J connectivity index is 1.53. The Morgan fingerprint density at radius 1 is 1.28 bits per heavy atom. The molecule has 25 heavy (non-hydrogen) atoms. The van der Waals surface area contributed by atoms with Gasteiger partial charge in [0.1, 0.15) is 0 Å². The smallest absolute Gasteiger partial charge is 0.234 e. The molecule has 2 atom stereocenters. The summed E-state index contributed by atoms with van der Waals surface area (Å²) in [6, 6.07) is 7.90. The number of tetrazole rings is 1. The van der Waals surface area contributed by atoms with Crippen LogP contribution >= 0.6 is 11.8 Å². The molecule has 2 heterocycles. The maximum Gasteiger partial charge on any atom is 0.234 e. The van der Waals surface area contributed by atoms with E-state index in [-0.39, 0.29) is 23.9 Å². The number of carbonyl (C=O) groups excluding carboxylic acids is 1. The van der Waals surface area contributed by atoms with Crippen molar-refractivity contribution in [3.8, 4) is 0 Å². The number of amides is 1. The van der Waals surface area contributed by atoms with Gasteiger partial charge in [-0.1, -0.05) is 11.8 Å². The molecule has 134 valence electrons. The fraction of sp³-hybridized carbons (Fsp3) is 0.500. The Hall–Kier alpha value is -2.13. The van der Waals surface area contributed by atoms with Gasteiger partial charge in [-0.05, 0) is 48.5 Å². The summed E-state index contributed by atoms with van der Waals surface area (Å²) in [7, 11) is 1.74. The molecule has 1 fully saturated rings. The van der Waals surface area contributed by atoms with Crippen LogP contribution in [0.5, 0.6) is 0 Å². The summed E-state index contributed by atoms with van der Waals surface area (Å²) in [6.45, 7) is 5.92. The Labute approximate surface area is 150 Å². The Kier molecular flexibility index (Phi) is 5.54. The van der Waals surface area contributed by atoms with Crippen molar-refractivity contribution >= 4 is 29.0 Å². The molecular weight excluding hydrogens is 340 g/mol. The lowest BCUT2D eigenvalue weighted by Gasteiger charge is -2.36. The van der Waals surface area contributed by atoms with Crippen molar-refractivity contribution < 1.29 is 9.53 Å². The first-order valence-electron chi connectivity index (χ1n) is 8.16. The van der Waals surface area contributed by atoms with Crippen LogP contribution in [0, 0.1) is 0 Å². The van der Waals surface area contributed by atoms with Crippen LogP contribution in [-0.4, -0.2) is 57.2 Å². The van der Waals surface area contributed by atoms with Gasteiger partial charge >= 0.3 is 0 Å². The number of carbonyl (C=O) groups is 1. The van der Waals surface area contributed by atoms with Crippen molar-refractivity contribution in [1.29, 1.82) is 0 Å². The van der Waals surface area contributed by atoms with E-state index in [4.69, 9.17) is 4.74 Å². The zero-order chi connectivity index (χ0) is 17.8. The first-order chi connectivity index (χ1) is 12.0. The second-order valence-electron chi connectivity index (χ2n) is 6.13. The zero-order valence-corrected chi connectivity index (χ0v) is 15.4. The highest BCUT2D eigenvalue weighted by Crippen LogP contribution is 2.22. The number of aryl methyl sites for hydroxylation is 1. The van der Waals surface area contributed by atoms with E-state index < -0.39 is 0 Å². The van der Waals surface area contributed by atoms with E-state index in [9.17, 15) is 4.79 Å². The van der Waals surface area contributed by atoms with Gasteiger partial charge in [-0.25, -0.2) is 4.68 Å². The van der Waals surface area contributed by atoms with Crippen LogP contribution in [0.2, 0.25) is 0 Å². The highest BCUT2D eigenvalue weighted by Gasteiger charge is 2.22. The molecule has 2 aromatic rings. The average Bonchev–Trinajstić information content (AvgIpc) is 2.98. The summed E-state index contributed by atoms with van der Waals surface area (Å²) >= 11 is 1.30. The van der Waals surface area contributed by atoms with Crippen LogP contribution in [-0.2, 0) is 16.6 Å². The monoisotopic (exact) mass is 362 g/mol. The predicted octanol–water partition coefficient (Wildman–Crippen LogP) is 1.55. The van der Waals surface area contributed by atoms with Gasteiger partial charge in [0.2, 0.25) is 11.1 Å². The number of rotatable bonds is 5. The number of anilines is 2. The molecule has 0 aliphatic carbocycles. The lowest BCUT2D eigenvalue weighted by atomic mass is 10.2. The fourth-order valence-electron chi connectivity index (χ4n) is 2.81. The van der Waals surface area contributed by atoms with Crippen LogP contribution in [0.3, 0.4) is 0 Å². The van der Waals surface area contributed by atoms with E-state index >= 15 is 0 Å². The second kappa shape index (κ2) is 7.83. The van der Waals surface area contributed by atoms with Gasteiger partial charge in [0, 0.05) is 31.5 Å². The molecule has 0 saturated carbocycles. The Morgan fingerprint density at radius 2 is 1.96 bits per heavy atom. The van der Waals surface area contributed by atoms with E-state index in [2.05, 4.69) is 39.6 Å². The number of hydrogen-bond donors (Lipinski definition) is 1. The molecule has 1 aliphatic rings. The van der Waals surface area contributed by atoms with Crippen LogP contribution in [0.25, 0.3) is 0 Å². The van der Waals surface area contributed by atoms with Crippen LogP contribution in [0.1, 0.15) is 13.8 Å². The number of thioether (sulfide) groups is 1. The second-order valence-corrected chi connectivity index (χ2v) is 7.07. The van der Waals surface area contributed by atoms with Gasteiger partial charge in [-0.15, -0.1) is 5.10 Å². The fourth-order valence-corrected chi connectivity index (χ4v) is 3.46. The molecule has 3 rings (SSSR count). The van der Waals surface area contributed by atoms with Gasteiger partial charge in [0.15, 0.2) is 0 Å². The number of nitrogens with one attached hydrogen (secondary N) is 1. The lowest BCUT2D eigenvalue weighted by Crippen LogP contribution is -2.45. The minimum atomic E-state index is -0.0885. The number of morpholine rings is 1. The molecule has 0 radical (unpaired) electrons. The highest BCUT2D eigenvalue weighted by atomic mass is 32.2. The third-order valence-electron chi connectivity index (χ3n) is 3.85. The van der Waals surface area contributed by atoms with Gasteiger partial charge in [-0.3, -0.25) is 4.79 Å². The van der Waals surface area contributed by atoms with Crippen LogP contribution in [0.4, 0.5) is 11.4 Å². The minimum absolute atomic E-state index is 0.0885. The number of aromatic nitrogens is 4. The van der Waals surface area contributed by atoms with Crippen LogP contribution in [0.15, 0.2) is 29.4 Å². The third-order valence-corrected chi connectivity index (χ3v) is 4.86. The summed E-state index contributed by atoms with van der Waals surface area (Å²) in [4.78, 5) is 14.4. The Bertz CT molecular complexity index is 710. The van der Waals surface area contributed by atoms with Crippen molar-refractivity contribution in [3.05, 3.63) is 24.3 Å². The summed E-state index contributed by atoms with van der Waals surface area (Å²) in [5.74, 6) is 0.170. The van der Waals surface area contributed by atoms with Gasteiger partial charge in [-0.2, -0.15) is 0 Å². The van der Waals surface area contributed by atoms with E-state index in [0.29, 0.717) is 5.16 Å². The number of benzene rings is 1. The van der Waals surface area contributed by atoms with Crippen molar-refractivity contribution in [1.82, 2.24) is 20.2 Å². The normalized spacial score (nSPS) is 20.5. The lowest BCUT2D eigenvalue weighted by molar-refractivity contribution is -0.113. The zero-order valence-electron chi connectivity index (χ0n) is 14.5. The van der Waals surface area contributed by atoms with Gasteiger partial charge in [0.25, 0.3) is 0 Å². The molecule has 1 aliphatic heterocycles. The molecule has 0 bridgehead atoms. The number of ether oxygens (including phenoxy) is 1. The first-order valence-corrected chi connectivity index (χ1v) is 9.15. The molecule has 1 aromatic carbocycles. The number of nitrogens with zero attached hydrogens (tertiary/aromatic N) is 5. The van der Waals surface area contributed by atoms with Crippen molar-refractivity contribution in [2.45, 2.75) is 31.2 Å². The van der Waals surface area contributed by atoms with Crippen molar-refractivity contribution in [2.75, 3.05) is 29.1 Å². The average molecular weight is 362 g/mol. The number of hydrogen-bond acceptors (Lipinski definition) is 7. The SMILES string of the molecule is CC1CN(c2ccc(NC(=O)CSc3nnnn3C)cc2)CC(C)O1. The minimum Gasteiger partial charge on any atom is -0.372 e. The van der Waals surface area contributed by atoms with Gasteiger partial charge in [0.05, 0.1) is 18.0 Å². The summed E-state index contributed by atoms with van der Waals surface area (Å²) in [6.07, 6.45) is 0.436. The molecule has 8 nitrogen and oxygen atoms in total. The molecule has 1 aromatic heterocycles. The summed E-state index contributed by atoms with van der Waals surface area (Å²) in [5, 5.41) is 14.6. The largest absolute Gasteiger partial charge is 0.372 e. The van der Waals surface area contributed by atoms with E-state index in [1.165, 1.54) is 16.4 Å². The van der Waals surface area contributed by atoms with Gasteiger partial charge < -0.3 is 15.0 Å². The molecular formula is C16H22N6O2S. The quantitative estimate of drug-likeness (QED) is 0.808. The van der Waals surface area contributed by atoms with Crippen LogP contribution < -0.4 is 10.2 Å². The molecule has 0 spiro atoms. The molecule has 2 unspecified atom stereocenters. The molecule has 1 amide bonds. The van der Waals surface area contributed by atoms with Crippen molar-refractivity contribution in [2.24, 2.45) is 7.05 Å². The maximum atomic E-state index is 12.1. The molecule has 9 heteroatoms. The topological polar surface area (TPSA) is 85.2 Å². The van der Waals surface area contributed by atoms with E-state index in [0.717, 1.165) is 24.5 Å². The molecule has 1 saturated heterocycles. The summed E-state index contributed by atoms with van der Waals surface area (Å²) < 4.78 is 7.30. The Morgan fingerprint density at radius 3 is 2.56 bits per heavy atom. The molecule has 1 N–H and O–H groups in total. The predicted molar refractivity (Wildman–Crippen MR) is 96.8 cm³/mol. The highest BCUT2D eigenvalue weighted by molar-refractivity contribution is 7.99.